The molecule has 1 aromatic rings. The van der Waals surface area contributed by atoms with E-state index < -0.39 is 0 Å². The second-order valence-electron chi connectivity index (χ2n) is 3.34. The van der Waals surface area contributed by atoms with Gasteiger partial charge in [0.2, 0.25) is 0 Å². The summed E-state index contributed by atoms with van der Waals surface area (Å²) in [5.74, 6) is 0.825. The highest BCUT2D eigenvalue weighted by molar-refractivity contribution is 6.00. The Balaban J connectivity index is 2.85. The molecule has 0 amide bonds. The largest absolute Gasteiger partial charge is 0.494 e. The number of benzene rings is 1. The van der Waals surface area contributed by atoms with Crippen molar-refractivity contribution in [3.8, 4) is 5.75 Å². The third-order valence-corrected chi connectivity index (χ3v) is 2.26. The molecular weight excluding hydrogens is 190 g/mol. The monoisotopic (exact) mass is 207 g/mol. The van der Waals surface area contributed by atoms with E-state index in [4.69, 9.17) is 4.74 Å². The van der Waals surface area contributed by atoms with Gasteiger partial charge in [0.1, 0.15) is 5.75 Å². The maximum absolute atomic E-state index is 11.8. The SMILES string of the molecule is CCOc1cccc(C(=O)C(C)NC)c1. The van der Waals surface area contributed by atoms with Crippen molar-refractivity contribution in [2.24, 2.45) is 0 Å². The highest BCUT2D eigenvalue weighted by atomic mass is 16.5. The molecule has 0 aromatic heterocycles. The maximum Gasteiger partial charge on any atom is 0.179 e. The normalized spacial score (nSPS) is 12.2. The number of hydrogen-bond donors (Lipinski definition) is 1. The molecule has 3 nitrogen and oxygen atoms in total. The van der Waals surface area contributed by atoms with Gasteiger partial charge < -0.3 is 10.1 Å². The van der Waals surface area contributed by atoms with Crippen LogP contribution < -0.4 is 10.1 Å². The Labute approximate surface area is 90.4 Å². The maximum atomic E-state index is 11.8. The highest BCUT2D eigenvalue weighted by Crippen LogP contribution is 2.14. The van der Waals surface area contributed by atoms with Crippen molar-refractivity contribution in [1.82, 2.24) is 5.32 Å². The molecule has 0 fully saturated rings. The van der Waals surface area contributed by atoms with Gasteiger partial charge in [0.15, 0.2) is 5.78 Å². The molecule has 0 bridgehead atoms. The molecule has 1 unspecified atom stereocenters. The van der Waals surface area contributed by atoms with Gasteiger partial charge >= 0.3 is 0 Å². The van der Waals surface area contributed by atoms with Crippen molar-refractivity contribution in [3.63, 3.8) is 0 Å². The van der Waals surface area contributed by atoms with E-state index in [2.05, 4.69) is 5.32 Å². The number of ketones is 1. The fourth-order valence-corrected chi connectivity index (χ4v) is 1.29. The zero-order chi connectivity index (χ0) is 11.3. The summed E-state index contributed by atoms with van der Waals surface area (Å²) in [6.07, 6.45) is 0. The minimum absolute atomic E-state index is 0.0825. The Hall–Kier alpha value is -1.35. The van der Waals surface area contributed by atoms with Gasteiger partial charge in [-0.3, -0.25) is 4.79 Å². The summed E-state index contributed by atoms with van der Waals surface area (Å²) in [6, 6.07) is 7.10. The van der Waals surface area contributed by atoms with E-state index in [-0.39, 0.29) is 11.8 Å². The second kappa shape index (κ2) is 5.51. The average Bonchev–Trinajstić information content (AvgIpc) is 2.28. The van der Waals surface area contributed by atoms with E-state index in [1.165, 1.54) is 0 Å². The van der Waals surface area contributed by atoms with Gasteiger partial charge in [-0.1, -0.05) is 12.1 Å². The van der Waals surface area contributed by atoms with Gasteiger partial charge in [0.25, 0.3) is 0 Å². The molecule has 1 atom stereocenters. The molecule has 0 radical (unpaired) electrons. The standard InChI is InChI=1S/C12H17NO2/c1-4-15-11-7-5-6-10(8-11)12(14)9(2)13-3/h5-9,13H,4H2,1-3H3. The second-order valence-corrected chi connectivity index (χ2v) is 3.34. The summed E-state index contributed by atoms with van der Waals surface area (Å²) in [5.41, 5.74) is 0.683. The molecule has 1 aromatic carbocycles. The summed E-state index contributed by atoms with van der Waals surface area (Å²) in [6.45, 7) is 4.37. The van der Waals surface area contributed by atoms with Crippen LogP contribution in [0, 0.1) is 0 Å². The summed E-state index contributed by atoms with van der Waals surface area (Å²) < 4.78 is 5.34. The lowest BCUT2D eigenvalue weighted by Crippen LogP contribution is -2.30. The number of carbonyl (C=O) groups is 1. The first-order valence-electron chi connectivity index (χ1n) is 5.13. The number of carbonyl (C=O) groups excluding carboxylic acids is 1. The fraction of sp³-hybridized carbons (Fsp3) is 0.417. The molecule has 0 saturated heterocycles. The fourth-order valence-electron chi connectivity index (χ4n) is 1.29. The van der Waals surface area contributed by atoms with Gasteiger partial charge in [0, 0.05) is 5.56 Å². The van der Waals surface area contributed by atoms with Crippen LogP contribution in [0.1, 0.15) is 24.2 Å². The summed E-state index contributed by atoms with van der Waals surface area (Å²) >= 11 is 0. The first kappa shape index (κ1) is 11.7. The van der Waals surface area contributed by atoms with Crippen LogP contribution in [0.15, 0.2) is 24.3 Å². The van der Waals surface area contributed by atoms with E-state index in [1.54, 1.807) is 19.2 Å². The van der Waals surface area contributed by atoms with E-state index in [9.17, 15) is 4.79 Å². The summed E-state index contributed by atoms with van der Waals surface area (Å²) in [4.78, 5) is 11.8. The molecule has 0 aliphatic carbocycles. The molecule has 0 saturated carbocycles. The third kappa shape index (κ3) is 3.06. The first-order chi connectivity index (χ1) is 7.19. The Kier molecular flexibility index (Phi) is 4.31. The smallest absolute Gasteiger partial charge is 0.179 e. The molecule has 3 heteroatoms. The predicted molar refractivity (Wildman–Crippen MR) is 60.5 cm³/mol. The highest BCUT2D eigenvalue weighted by Gasteiger charge is 2.13. The van der Waals surface area contributed by atoms with E-state index in [0.717, 1.165) is 5.75 Å². The molecule has 0 spiro atoms. The van der Waals surface area contributed by atoms with Crippen molar-refractivity contribution in [2.45, 2.75) is 19.9 Å². The van der Waals surface area contributed by atoms with E-state index >= 15 is 0 Å². The van der Waals surface area contributed by atoms with Crippen LogP contribution in [0.25, 0.3) is 0 Å². The number of ether oxygens (including phenoxy) is 1. The Morgan fingerprint density at radius 2 is 2.27 bits per heavy atom. The number of rotatable bonds is 5. The number of nitrogens with one attached hydrogen (secondary N) is 1. The molecule has 1 rings (SSSR count). The van der Waals surface area contributed by atoms with Crippen molar-refractivity contribution >= 4 is 5.78 Å². The Bertz CT molecular complexity index is 336. The number of Topliss-reactive ketones (excluding diaryl/α,β-unsaturated/α-hetero) is 1. The Morgan fingerprint density at radius 1 is 1.53 bits per heavy atom. The zero-order valence-electron chi connectivity index (χ0n) is 9.41. The lowest BCUT2D eigenvalue weighted by molar-refractivity contribution is 0.0954. The number of likely N-dealkylation sites (N-methyl/N-ethyl adjacent to an activating group) is 1. The number of hydrogen-bond acceptors (Lipinski definition) is 3. The van der Waals surface area contributed by atoms with Gasteiger partial charge in [-0.25, -0.2) is 0 Å². The Morgan fingerprint density at radius 3 is 2.87 bits per heavy atom. The topological polar surface area (TPSA) is 38.3 Å². The van der Waals surface area contributed by atoms with Gasteiger partial charge in [-0.15, -0.1) is 0 Å². The molecule has 0 heterocycles. The van der Waals surface area contributed by atoms with Crippen molar-refractivity contribution in [2.75, 3.05) is 13.7 Å². The van der Waals surface area contributed by atoms with Gasteiger partial charge in [0.05, 0.1) is 12.6 Å². The van der Waals surface area contributed by atoms with Crippen LogP contribution in [0.5, 0.6) is 5.75 Å². The average molecular weight is 207 g/mol. The summed E-state index contributed by atoms with van der Waals surface area (Å²) in [7, 11) is 1.77. The lowest BCUT2D eigenvalue weighted by Gasteiger charge is -2.10. The van der Waals surface area contributed by atoms with Crippen LogP contribution in [0.2, 0.25) is 0 Å². The molecule has 1 N–H and O–H groups in total. The van der Waals surface area contributed by atoms with Gasteiger partial charge in [-0.2, -0.15) is 0 Å². The van der Waals surface area contributed by atoms with Crippen LogP contribution in [-0.2, 0) is 0 Å². The molecule has 0 aliphatic heterocycles. The van der Waals surface area contributed by atoms with E-state index in [0.29, 0.717) is 12.2 Å². The van der Waals surface area contributed by atoms with Crippen LogP contribution >= 0.6 is 0 Å². The first-order valence-corrected chi connectivity index (χ1v) is 5.13. The van der Waals surface area contributed by atoms with Crippen LogP contribution in [0.3, 0.4) is 0 Å². The third-order valence-electron chi connectivity index (χ3n) is 2.26. The quantitative estimate of drug-likeness (QED) is 0.749. The van der Waals surface area contributed by atoms with Crippen LogP contribution in [0.4, 0.5) is 0 Å². The molecular formula is C12H17NO2. The minimum atomic E-state index is -0.165. The zero-order valence-corrected chi connectivity index (χ0v) is 9.41. The van der Waals surface area contributed by atoms with Crippen molar-refractivity contribution in [3.05, 3.63) is 29.8 Å². The molecule has 0 aliphatic rings. The summed E-state index contributed by atoms with van der Waals surface area (Å²) in [5, 5.41) is 2.92. The van der Waals surface area contributed by atoms with Crippen LogP contribution in [-0.4, -0.2) is 25.5 Å². The predicted octanol–water partition coefficient (Wildman–Crippen LogP) is 1.88. The lowest BCUT2D eigenvalue weighted by atomic mass is 10.1. The van der Waals surface area contributed by atoms with Gasteiger partial charge in [-0.05, 0) is 33.0 Å². The molecule has 15 heavy (non-hydrogen) atoms. The molecule has 82 valence electrons. The van der Waals surface area contributed by atoms with Crippen molar-refractivity contribution < 1.29 is 9.53 Å². The van der Waals surface area contributed by atoms with Crippen molar-refractivity contribution in [1.29, 1.82) is 0 Å². The van der Waals surface area contributed by atoms with E-state index in [1.807, 2.05) is 26.0 Å². The minimum Gasteiger partial charge on any atom is -0.494 e.